The van der Waals surface area contributed by atoms with E-state index in [1.54, 1.807) is 0 Å². The van der Waals surface area contributed by atoms with Crippen LogP contribution < -0.4 is 11.3 Å². The summed E-state index contributed by atoms with van der Waals surface area (Å²) in [5.41, 5.74) is 1.10. The summed E-state index contributed by atoms with van der Waals surface area (Å²) in [4.78, 5) is 0. The molecule has 21 heavy (non-hydrogen) atoms. The maximum Gasteiger partial charge on any atom is 0.200 e. The van der Waals surface area contributed by atoms with Crippen molar-refractivity contribution in [1.82, 2.24) is 5.43 Å². The van der Waals surface area contributed by atoms with Gasteiger partial charge in [-0.25, -0.2) is 27.4 Å². The van der Waals surface area contributed by atoms with E-state index in [-0.39, 0.29) is 10.6 Å². The highest BCUT2D eigenvalue weighted by atomic mass is 35.5. The number of hydrogen-bond acceptors (Lipinski definition) is 2. The molecule has 0 fully saturated rings. The number of nitrogens with two attached hydrogens (primary N) is 1. The van der Waals surface area contributed by atoms with Crippen LogP contribution in [0.3, 0.4) is 0 Å². The van der Waals surface area contributed by atoms with E-state index in [0.29, 0.717) is 0 Å². The Bertz CT molecular complexity index is 663. The minimum Gasteiger partial charge on any atom is -0.271 e. The molecule has 0 aliphatic carbocycles. The van der Waals surface area contributed by atoms with Gasteiger partial charge >= 0.3 is 0 Å². The lowest BCUT2D eigenvalue weighted by Gasteiger charge is -2.19. The molecule has 2 nitrogen and oxygen atoms in total. The lowest BCUT2D eigenvalue weighted by molar-refractivity contribution is 0.362. The smallest absolute Gasteiger partial charge is 0.200 e. The first-order chi connectivity index (χ1) is 9.88. The highest BCUT2D eigenvalue weighted by molar-refractivity contribution is 6.30. The van der Waals surface area contributed by atoms with Crippen molar-refractivity contribution in [3.05, 3.63) is 69.5 Å². The monoisotopic (exact) mass is 322 g/mol. The average Bonchev–Trinajstić information content (AvgIpc) is 2.47. The summed E-state index contributed by atoms with van der Waals surface area (Å²) in [5, 5.41) is 0.219. The second-order valence-electron chi connectivity index (χ2n) is 4.14. The lowest BCUT2D eigenvalue weighted by Crippen LogP contribution is -2.31. The third kappa shape index (κ3) is 2.72. The van der Waals surface area contributed by atoms with Gasteiger partial charge in [-0.05, 0) is 17.7 Å². The van der Waals surface area contributed by atoms with Gasteiger partial charge in [-0.15, -0.1) is 0 Å². The fourth-order valence-electron chi connectivity index (χ4n) is 1.91. The molecule has 2 rings (SSSR count). The molecule has 0 radical (unpaired) electrons. The van der Waals surface area contributed by atoms with Gasteiger partial charge in [0.1, 0.15) is 0 Å². The summed E-state index contributed by atoms with van der Waals surface area (Å²) >= 11 is 5.74. The van der Waals surface area contributed by atoms with Gasteiger partial charge in [-0.1, -0.05) is 23.7 Å². The summed E-state index contributed by atoms with van der Waals surface area (Å²) in [7, 11) is 0. The van der Waals surface area contributed by atoms with Crippen molar-refractivity contribution in [3.63, 3.8) is 0 Å². The molecule has 0 amide bonds. The molecule has 2 aromatic rings. The topological polar surface area (TPSA) is 38.0 Å². The SMILES string of the molecule is NNC(c1cccc(Cl)c1)c1c(F)c(F)c(F)c(F)c1F. The predicted octanol–water partition coefficient (Wildman–Crippen LogP) is 3.59. The number of halogens is 6. The first-order valence-corrected chi connectivity index (χ1v) is 5.99. The van der Waals surface area contributed by atoms with Crippen LogP contribution in [0, 0.1) is 29.1 Å². The van der Waals surface area contributed by atoms with E-state index in [2.05, 4.69) is 0 Å². The molecule has 0 bridgehead atoms. The van der Waals surface area contributed by atoms with Crippen LogP contribution in [-0.2, 0) is 0 Å². The Hall–Kier alpha value is -1.70. The Morgan fingerprint density at radius 1 is 0.905 bits per heavy atom. The van der Waals surface area contributed by atoms with Crippen LogP contribution in [0.5, 0.6) is 0 Å². The van der Waals surface area contributed by atoms with E-state index in [1.165, 1.54) is 24.3 Å². The van der Waals surface area contributed by atoms with Crippen molar-refractivity contribution in [1.29, 1.82) is 0 Å². The van der Waals surface area contributed by atoms with E-state index < -0.39 is 40.7 Å². The van der Waals surface area contributed by atoms with Crippen LogP contribution in [0.4, 0.5) is 22.0 Å². The molecule has 0 aliphatic heterocycles. The van der Waals surface area contributed by atoms with E-state index in [4.69, 9.17) is 17.4 Å². The molecule has 3 N–H and O–H groups in total. The van der Waals surface area contributed by atoms with Crippen molar-refractivity contribution in [3.8, 4) is 0 Å². The number of benzene rings is 2. The Kier molecular flexibility index (Phi) is 4.46. The van der Waals surface area contributed by atoms with Crippen LogP contribution >= 0.6 is 11.6 Å². The largest absolute Gasteiger partial charge is 0.271 e. The molecule has 0 spiro atoms. The molecule has 0 aliphatic rings. The van der Waals surface area contributed by atoms with Crippen molar-refractivity contribution >= 4 is 11.6 Å². The van der Waals surface area contributed by atoms with E-state index in [0.717, 1.165) is 0 Å². The van der Waals surface area contributed by atoms with E-state index in [1.807, 2.05) is 5.43 Å². The molecule has 1 atom stereocenters. The van der Waals surface area contributed by atoms with Gasteiger partial charge in [0.05, 0.1) is 11.6 Å². The van der Waals surface area contributed by atoms with Gasteiger partial charge in [-0.3, -0.25) is 5.84 Å². The third-order valence-electron chi connectivity index (χ3n) is 2.88. The summed E-state index contributed by atoms with van der Waals surface area (Å²) in [6, 6.07) is 4.16. The second-order valence-corrected chi connectivity index (χ2v) is 4.57. The van der Waals surface area contributed by atoms with Crippen molar-refractivity contribution in [2.75, 3.05) is 0 Å². The van der Waals surface area contributed by atoms with Crippen LogP contribution in [0.15, 0.2) is 24.3 Å². The van der Waals surface area contributed by atoms with Crippen molar-refractivity contribution in [2.45, 2.75) is 6.04 Å². The van der Waals surface area contributed by atoms with E-state index in [9.17, 15) is 22.0 Å². The number of rotatable bonds is 3. The van der Waals surface area contributed by atoms with E-state index >= 15 is 0 Å². The van der Waals surface area contributed by atoms with Crippen LogP contribution in [0.25, 0.3) is 0 Å². The molecule has 112 valence electrons. The van der Waals surface area contributed by atoms with Gasteiger partial charge in [-0.2, -0.15) is 0 Å². The highest BCUT2D eigenvalue weighted by Crippen LogP contribution is 2.31. The minimum atomic E-state index is -2.23. The molecule has 1 unspecified atom stereocenters. The normalized spacial score (nSPS) is 12.5. The maximum absolute atomic E-state index is 13.8. The second kappa shape index (κ2) is 5.97. The molecule has 0 saturated carbocycles. The maximum atomic E-state index is 13.8. The molecule has 0 saturated heterocycles. The number of hydrogen-bond donors (Lipinski definition) is 2. The Balaban J connectivity index is 2.69. The van der Waals surface area contributed by atoms with Gasteiger partial charge in [0.25, 0.3) is 0 Å². The van der Waals surface area contributed by atoms with Crippen LogP contribution in [-0.4, -0.2) is 0 Å². The van der Waals surface area contributed by atoms with Gasteiger partial charge in [0.15, 0.2) is 23.3 Å². The fraction of sp³-hybridized carbons (Fsp3) is 0.0769. The van der Waals surface area contributed by atoms with Gasteiger partial charge < -0.3 is 0 Å². The Morgan fingerprint density at radius 2 is 1.43 bits per heavy atom. The molecule has 0 aromatic heterocycles. The van der Waals surface area contributed by atoms with Crippen LogP contribution in [0.2, 0.25) is 5.02 Å². The first kappa shape index (κ1) is 15.7. The zero-order chi connectivity index (χ0) is 15.7. The molecule has 8 heteroatoms. The Morgan fingerprint density at radius 3 is 1.90 bits per heavy atom. The van der Waals surface area contributed by atoms with Crippen LogP contribution in [0.1, 0.15) is 17.2 Å². The molecule has 0 heterocycles. The predicted molar refractivity (Wildman–Crippen MR) is 66.9 cm³/mol. The number of hydrazine groups is 1. The van der Waals surface area contributed by atoms with Gasteiger partial charge in [0, 0.05) is 5.02 Å². The minimum absolute atomic E-state index is 0.146. The standard InChI is InChI=1S/C13H8ClF5N2/c14-6-3-1-2-5(4-6)13(21-20)7-8(15)10(17)12(19)11(18)9(7)16/h1-4,13,21H,20H2. The quantitative estimate of drug-likeness (QED) is 0.298. The zero-order valence-electron chi connectivity index (χ0n) is 10.2. The third-order valence-corrected chi connectivity index (χ3v) is 3.12. The summed E-state index contributed by atoms with van der Waals surface area (Å²) in [6.45, 7) is 0. The van der Waals surface area contributed by atoms with Crippen molar-refractivity contribution in [2.24, 2.45) is 5.84 Å². The summed E-state index contributed by atoms with van der Waals surface area (Å²) < 4.78 is 67.1. The average molecular weight is 323 g/mol. The van der Waals surface area contributed by atoms with Crippen molar-refractivity contribution < 1.29 is 22.0 Å². The van der Waals surface area contributed by atoms with Gasteiger partial charge in [0.2, 0.25) is 5.82 Å². The Labute approximate surface area is 121 Å². The molecule has 2 aromatic carbocycles. The number of nitrogens with one attached hydrogen (secondary N) is 1. The lowest BCUT2D eigenvalue weighted by atomic mass is 9.97. The highest BCUT2D eigenvalue weighted by Gasteiger charge is 2.30. The molecular formula is C13H8ClF5N2. The summed E-state index contributed by atoms with van der Waals surface area (Å²) in [5.74, 6) is -5.00. The molecular weight excluding hydrogens is 315 g/mol. The first-order valence-electron chi connectivity index (χ1n) is 5.61. The zero-order valence-corrected chi connectivity index (χ0v) is 11.0. The fourth-order valence-corrected chi connectivity index (χ4v) is 2.11. The summed E-state index contributed by atoms with van der Waals surface area (Å²) in [6.07, 6.45) is 0.